The van der Waals surface area contributed by atoms with Gasteiger partial charge >= 0.3 is 0 Å². The second kappa shape index (κ2) is 6.58. The first-order chi connectivity index (χ1) is 10.6. The number of nitrogens with one attached hydrogen (secondary N) is 1. The van der Waals surface area contributed by atoms with E-state index in [1.54, 1.807) is 17.5 Å². The van der Waals surface area contributed by atoms with Gasteiger partial charge in [-0.1, -0.05) is 5.21 Å². The highest BCUT2D eigenvalue weighted by Crippen LogP contribution is 2.26. The van der Waals surface area contributed by atoms with Crippen LogP contribution in [0.4, 0.5) is 0 Å². The molecule has 1 aliphatic carbocycles. The average molecular weight is 319 g/mol. The zero-order valence-electron chi connectivity index (χ0n) is 12.7. The van der Waals surface area contributed by atoms with Crippen LogP contribution in [-0.2, 0) is 6.54 Å². The van der Waals surface area contributed by atoms with Crippen molar-refractivity contribution >= 4 is 17.2 Å². The van der Waals surface area contributed by atoms with Crippen LogP contribution in [0.1, 0.15) is 52.7 Å². The third kappa shape index (κ3) is 3.36. The summed E-state index contributed by atoms with van der Waals surface area (Å²) < 4.78 is 1.82. The maximum Gasteiger partial charge on any atom is 0.273 e. The van der Waals surface area contributed by atoms with E-state index in [-0.39, 0.29) is 5.91 Å². The topological polar surface area (TPSA) is 85.8 Å². The van der Waals surface area contributed by atoms with Gasteiger partial charge < -0.3 is 11.1 Å². The number of amides is 1. The summed E-state index contributed by atoms with van der Waals surface area (Å²) in [5.41, 5.74) is 7.50. The molecular weight excluding hydrogens is 298 g/mol. The van der Waals surface area contributed by atoms with Crippen molar-refractivity contribution in [2.45, 2.75) is 51.2 Å². The van der Waals surface area contributed by atoms with Crippen LogP contribution in [0.2, 0.25) is 0 Å². The first kappa shape index (κ1) is 15.2. The van der Waals surface area contributed by atoms with Crippen molar-refractivity contribution in [3.8, 4) is 0 Å². The van der Waals surface area contributed by atoms with Gasteiger partial charge in [-0.25, -0.2) is 4.68 Å². The van der Waals surface area contributed by atoms with Crippen LogP contribution < -0.4 is 11.1 Å². The van der Waals surface area contributed by atoms with Crippen molar-refractivity contribution in [3.63, 3.8) is 0 Å². The second-order valence-electron chi connectivity index (χ2n) is 5.86. The van der Waals surface area contributed by atoms with E-state index in [4.69, 9.17) is 5.73 Å². The molecule has 3 N–H and O–H groups in total. The third-order valence-electron chi connectivity index (χ3n) is 4.24. The Kier molecular flexibility index (Phi) is 4.54. The molecule has 2 aromatic rings. The van der Waals surface area contributed by atoms with Gasteiger partial charge in [-0.05, 0) is 49.6 Å². The Morgan fingerprint density at radius 3 is 2.91 bits per heavy atom. The van der Waals surface area contributed by atoms with Crippen LogP contribution in [0, 0.1) is 6.92 Å². The molecule has 118 valence electrons. The minimum Gasteiger partial charge on any atom is -0.346 e. The number of aromatic nitrogens is 3. The molecule has 0 saturated heterocycles. The molecule has 0 bridgehead atoms. The number of thiophene rings is 1. The SMILES string of the molecule is Cc1ccsc1CNC(=O)c1cn(C2CCC(N)CC2)nn1. The summed E-state index contributed by atoms with van der Waals surface area (Å²) in [7, 11) is 0. The predicted molar refractivity (Wildman–Crippen MR) is 85.7 cm³/mol. The van der Waals surface area contributed by atoms with Gasteiger partial charge in [0.1, 0.15) is 0 Å². The molecule has 1 saturated carbocycles. The lowest BCUT2D eigenvalue weighted by Gasteiger charge is -2.25. The summed E-state index contributed by atoms with van der Waals surface area (Å²) >= 11 is 1.65. The van der Waals surface area contributed by atoms with E-state index >= 15 is 0 Å². The molecule has 2 heterocycles. The summed E-state index contributed by atoms with van der Waals surface area (Å²) in [5.74, 6) is -0.174. The highest BCUT2D eigenvalue weighted by molar-refractivity contribution is 7.10. The van der Waals surface area contributed by atoms with Gasteiger partial charge in [-0.2, -0.15) is 0 Å². The lowest BCUT2D eigenvalue weighted by molar-refractivity contribution is 0.0946. The maximum absolute atomic E-state index is 12.2. The Hall–Kier alpha value is -1.73. The van der Waals surface area contributed by atoms with E-state index in [0.717, 1.165) is 25.7 Å². The molecule has 1 fully saturated rings. The number of carbonyl (C=O) groups is 1. The fourth-order valence-corrected chi connectivity index (χ4v) is 3.61. The molecule has 0 aliphatic heterocycles. The molecule has 7 heteroatoms. The number of rotatable bonds is 4. The highest BCUT2D eigenvalue weighted by Gasteiger charge is 2.22. The van der Waals surface area contributed by atoms with Crippen molar-refractivity contribution < 1.29 is 4.79 Å². The second-order valence-corrected chi connectivity index (χ2v) is 6.86. The lowest BCUT2D eigenvalue weighted by atomic mass is 9.92. The minimum atomic E-state index is -0.174. The van der Waals surface area contributed by atoms with Gasteiger partial charge in [-0.15, -0.1) is 16.4 Å². The van der Waals surface area contributed by atoms with Gasteiger partial charge in [0.25, 0.3) is 5.91 Å². The number of carbonyl (C=O) groups excluding carboxylic acids is 1. The van der Waals surface area contributed by atoms with E-state index in [2.05, 4.69) is 21.7 Å². The molecule has 0 radical (unpaired) electrons. The van der Waals surface area contributed by atoms with Gasteiger partial charge in [-0.3, -0.25) is 4.79 Å². The number of nitrogens with two attached hydrogens (primary N) is 1. The van der Waals surface area contributed by atoms with Gasteiger partial charge in [0.05, 0.1) is 18.8 Å². The number of aryl methyl sites for hydroxylation is 1. The Morgan fingerprint density at radius 1 is 1.45 bits per heavy atom. The molecule has 3 rings (SSSR count). The lowest BCUT2D eigenvalue weighted by Crippen LogP contribution is -2.28. The smallest absolute Gasteiger partial charge is 0.273 e. The van der Waals surface area contributed by atoms with Crippen LogP contribution in [0.3, 0.4) is 0 Å². The summed E-state index contributed by atoms with van der Waals surface area (Å²) in [4.78, 5) is 13.3. The van der Waals surface area contributed by atoms with E-state index in [1.807, 2.05) is 17.0 Å². The Balaban J connectivity index is 1.58. The molecular formula is C15H21N5OS. The first-order valence-corrected chi connectivity index (χ1v) is 8.50. The van der Waals surface area contributed by atoms with E-state index in [1.165, 1.54) is 10.4 Å². The largest absolute Gasteiger partial charge is 0.346 e. The van der Waals surface area contributed by atoms with Gasteiger partial charge in [0.15, 0.2) is 5.69 Å². The molecule has 0 aromatic carbocycles. The summed E-state index contributed by atoms with van der Waals surface area (Å²) in [6.07, 6.45) is 5.76. The predicted octanol–water partition coefficient (Wildman–Crippen LogP) is 2.02. The summed E-state index contributed by atoms with van der Waals surface area (Å²) in [5, 5.41) is 13.1. The Labute approximate surface area is 133 Å². The third-order valence-corrected chi connectivity index (χ3v) is 5.26. The zero-order chi connectivity index (χ0) is 15.5. The van der Waals surface area contributed by atoms with Crippen LogP contribution in [0.15, 0.2) is 17.6 Å². The van der Waals surface area contributed by atoms with Crippen LogP contribution in [0.5, 0.6) is 0 Å². The average Bonchev–Trinajstić information content (AvgIpc) is 3.15. The van der Waals surface area contributed by atoms with Crippen molar-refractivity contribution in [2.75, 3.05) is 0 Å². The van der Waals surface area contributed by atoms with E-state index in [0.29, 0.717) is 24.3 Å². The molecule has 0 atom stereocenters. The van der Waals surface area contributed by atoms with Crippen molar-refractivity contribution in [1.82, 2.24) is 20.3 Å². The Morgan fingerprint density at radius 2 is 2.23 bits per heavy atom. The van der Waals surface area contributed by atoms with Crippen molar-refractivity contribution in [2.24, 2.45) is 5.73 Å². The number of nitrogens with zero attached hydrogens (tertiary/aromatic N) is 3. The molecule has 0 unspecified atom stereocenters. The molecule has 2 aromatic heterocycles. The van der Waals surface area contributed by atoms with Gasteiger partial charge in [0, 0.05) is 10.9 Å². The van der Waals surface area contributed by atoms with Crippen molar-refractivity contribution in [1.29, 1.82) is 0 Å². The zero-order valence-corrected chi connectivity index (χ0v) is 13.5. The molecule has 0 spiro atoms. The maximum atomic E-state index is 12.2. The van der Waals surface area contributed by atoms with Crippen LogP contribution in [-0.4, -0.2) is 26.9 Å². The minimum absolute atomic E-state index is 0.174. The normalized spacial score (nSPS) is 21.7. The Bertz CT molecular complexity index is 642. The summed E-state index contributed by atoms with van der Waals surface area (Å²) in [6.45, 7) is 2.58. The molecule has 1 aliphatic rings. The molecule has 1 amide bonds. The number of hydrogen-bond acceptors (Lipinski definition) is 5. The fourth-order valence-electron chi connectivity index (χ4n) is 2.76. The highest BCUT2D eigenvalue weighted by atomic mass is 32.1. The van der Waals surface area contributed by atoms with Crippen molar-refractivity contribution in [3.05, 3.63) is 33.8 Å². The van der Waals surface area contributed by atoms with Gasteiger partial charge in [0.2, 0.25) is 0 Å². The van der Waals surface area contributed by atoms with E-state index in [9.17, 15) is 4.79 Å². The van der Waals surface area contributed by atoms with Crippen LogP contribution in [0.25, 0.3) is 0 Å². The monoisotopic (exact) mass is 319 g/mol. The standard InChI is InChI=1S/C15H21N5OS/c1-10-6-7-22-14(10)8-17-15(21)13-9-20(19-18-13)12-4-2-11(16)3-5-12/h6-7,9,11-12H,2-5,8,16H2,1H3,(H,17,21). The van der Waals surface area contributed by atoms with Crippen LogP contribution >= 0.6 is 11.3 Å². The summed E-state index contributed by atoms with van der Waals surface area (Å²) in [6, 6.07) is 2.67. The first-order valence-electron chi connectivity index (χ1n) is 7.62. The quantitative estimate of drug-likeness (QED) is 0.903. The van der Waals surface area contributed by atoms with E-state index < -0.39 is 0 Å². The molecule has 6 nitrogen and oxygen atoms in total. The number of hydrogen-bond donors (Lipinski definition) is 2. The fraction of sp³-hybridized carbons (Fsp3) is 0.533. The molecule has 22 heavy (non-hydrogen) atoms.